The number of carboxylic acids is 1. The van der Waals surface area contributed by atoms with Crippen LogP contribution in [0.15, 0.2) is 29.7 Å². The average Bonchev–Trinajstić information content (AvgIpc) is 2.72. The molecule has 18 heavy (non-hydrogen) atoms. The lowest BCUT2D eigenvalue weighted by Crippen LogP contribution is -2.01. The maximum absolute atomic E-state index is 10.6. The third-order valence-electron chi connectivity index (χ3n) is 2.33. The van der Waals surface area contributed by atoms with Gasteiger partial charge in [0.25, 0.3) is 0 Å². The highest BCUT2D eigenvalue weighted by molar-refractivity contribution is 7.99. The molecule has 2 rings (SSSR count). The van der Waals surface area contributed by atoms with Crippen LogP contribution in [-0.2, 0) is 4.79 Å². The number of nitrogens with zero attached hydrogens (tertiary/aromatic N) is 3. The quantitative estimate of drug-likeness (QED) is 0.855. The molecule has 1 aromatic carbocycles. The van der Waals surface area contributed by atoms with Gasteiger partial charge in [-0.15, -0.1) is 10.2 Å². The van der Waals surface area contributed by atoms with Gasteiger partial charge in [0, 0.05) is 5.69 Å². The van der Waals surface area contributed by atoms with Crippen LogP contribution in [0, 0.1) is 13.8 Å². The van der Waals surface area contributed by atoms with E-state index < -0.39 is 5.97 Å². The zero-order valence-corrected chi connectivity index (χ0v) is 10.9. The van der Waals surface area contributed by atoms with Gasteiger partial charge in [0.15, 0.2) is 5.16 Å². The molecule has 0 unspecified atom stereocenters. The number of thioether (sulfide) groups is 1. The lowest BCUT2D eigenvalue weighted by Gasteiger charge is -2.07. The van der Waals surface area contributed by atoms with E-state index in [1.165, 1.54) is 0 Å². The van der Waals surface area contributed by atoms with Gasteiger partial charge in [0.05, 0.1) is 5.75 Å². The highest BCUT2D eigenvalue weighted by Gasteiger charge is 2.09. The summed E-state index contributed by atoms with van der Waals surface area (Å²) in [6.45, 7) is 4.04. The van der Waals surface area contributed by atoms with E-state index in [2.05, 4.69) is 16.3 Å². The molecule has 0 aliphatic heterocycles. The summed E-state index contributed by atoms with van der Waals surface area (Å²) in [4.78, 5) is 10.6. The van der Waals surface area contributed by atoms with Crippen molar-refractivity contribution in [3.8, 4) is 5.69 Å². The summed E-state index contributed by atoms with van der Waals surface area (Å²) in [7, 11) is 0. The van der Waals surface area contributed by atoms with E-state index >= 15 is 0 Å². The first kappa shape index (κ1) is 12.6. The van der Waals surface area contributed by atoms with Crippen LogP contribution in [0.2, 0.25) is 0 Å². The second kappa shape index (κ2) is 5.22. The van der Waals surface area contributed by atoms with E-state index in [1.54, 1.807) is 10.9 Å². The summed E-state index contributed by atoms with van der Waals surface area (Å²) >= 11 is 1.16. The monoisotopic (exact) mass is 263 g/mol. The molecule has 6 heteroatoms. The number of rotatable bonds is 4. The van der Waals surface area contributed by atoms with E-state index in [4.69, 9.17) is 5.11 Å². The van der Waals surface area contributed by atoms with Gasteiger partial charge in [-0.25, -0.2) is 0 Å². The maximum atomic E-state index is 10.6. The predicted molar refractivity (Wildman–Crippen MR) is 69.2 cm³/mol. The van der Waals surface area contributed by atoms with Crippen molar-refractivity contribution in [1.82, 2.24) is 14.8 Å². The van der Waals surface area contributed by atoms with Crippen LogP contribution in [0.3, 0.4) is 0 Å². The summed E-state index contributed by atoms with van der Waals surface area (Å²) < 4.78 is 1.80. The summed E-state index contributed by atoms with van der Waals surface area (Å²) in [5, 5.41) is 17.0. The van der Waals surface area contributed by atoms with E-state index in [9.17, 15) is 4.79 Å². The third kappa shape index (κ3) is 2.89. The number of hydrogen-bond acceptors (Lipinski definition) is 4. The molecule has 94 valence electrons. The lowest BCUT2D eigenvalue weighted by atomic mass is 10.1. The summed E-state index contributed by atoms with van der Waals surface area (Å²) in [5.41, 5.74) is 3.24. The van der Waals surface area contributed by atoms with Crippen molar-refractivity contribution in [1.29, 1.82) is 0 Å². The standard InChI is InChI=1S/C12H13N3O2S/c1-8-3-9(2)5-10(4-8)15-7-13-14-12(15)18-6-11(16)17/h3-5,7H,6H2,1-2H3,(H,16,17). The average molecular weight is 263 g/mol. The molecule has 1 N–H and O–H groups in total. The first-order valence-corrected chi connectivity index (χ1v) is 6.38. The van der Waals surface area contributed by atoms with Gasteiger partial charge in [0.2, 0.25) is 0 Å². The molecule has 0 amide bonds. The molecule has 0 saturated carbocycles. The van der Waals surface area contributed by atoms with Gasteiger partial charge in [-0.05, 0) is 37.1 Å². The number of benzene rings is 1. The van der Waals surface area contributed by atoms with Crippen molar-refractivity contribution in [2.24, 2.45) is 0 Å². The van der Waals surface area contributed by atoms with E-state index in [1.807, 2.05) is 26.0 Å². The van der Waals surface area contributed by atoms with Crippen LogP contribution in [0.5, 0.6) is 0 Å². The number of carbonyl (C=O) groups is 1. The molecule has 1 heterocycles. The normalized spacial score (nSPS) is 10.6. The van der Waals surface area contributed by atoms with Gasteiger partial charge in [0.1, 0.15) is 6.33 Å². The van der Waals surface area contributed by atoms with E-state index in [0.29, 0.717) is 5.16 Å². The number of aryl methyl sites for hydroxylation is 2. The lowest BCUT2D eigenvalue weighted by molar-refractivity contribution is -0.133. The molecule has 0 saturated heterocycles. The fourth-order valence-corrected chi connectivity index (χ4v) is 2.37. The topological polar surface area (TPSA) is 68.0 Å². The number of aromatic nitrogens is 3. The Balaban J connectivity index is 2.33. The van der Waals surface area contributed by atoms with Gasteiger partial charge >= 0.3 is 5.97 Å². The van der Waals surface area contributed by atoms with Crippen molar-refractivity contribution in [2.75, 3.05) is 5.75 Å². The van der Waals surface area contributed by atoms with Crippen LogP contribution in [0.25, 0.3) is 5.69 Å². The fourth-order valence-electron chi connectivity index (χ4n) is 1.72. The Morgan fingerprint density at radius 1 is 1.33 bits per heavy atom. The van der Waals surface area contributed by atoms with Gasteiger partial charge in [-0.2, -0.15) is 0 Å². The van der Waals surface area contributed by atoms with Crippen molar-refractivity contribution < 1.29 is 9.90 Å². The fraction of sp³-hybridized carbons (Fsp3) is 0.250. The Bertz CT molecular complexity index is 560. The van der Waals surface area contributed by atoms with Crippen LogP contribution in [0.1, 0.15) is 11.1 Å². The largest absolute Gasteiger partial charge is 0.481 e. The first-order chi connectivity index (χ1) is 8.56. The zero-order valence-electron chi connectivity index (χ0n) is 10.1. The number of carboxylic acid groups (broad SMARTS) is 1. The van der Waals surface area contributed by atoms with E-state index in [-0.39, 0.29) is 5.75 Å². The molecular weight excluding hydrogens is 250 g/mol. The van der Waals surface area contributed by atoms with Crippen LogP contribution >= 0.6 is 11.8 Å². The molecule has 0 fully saturated rings. The smallest absolute Gasteiger partial charge is 0.313 e. The molecule has 1 aromatic heterocycles. The Morgan fingerprint density at radius 2 is 2.00 bits per heavy atom. The van der Waals surface area contributed by atoms with E-state index in [0.717, 1.165) is 28.6 Å². The SMILES string of the molecule is Cc1cc(C)cc(-n2cnnc2SCC(=O)O)c1. The molecule has 2 aromatic rings. The maximum Gasteiger partial charge on any atom is 0.313 e. The molecule has 0 aliphatic carbocycles. The van der Waals surface area contributed by atoms with Crippen molar-refractivity contribution in [3.05, 3.63) is 35.7 Å². The van der Waals surface area contributed by atoms with Crippen molar-refractivity contribution >= 4 is 17.7 Å². The second-order valence-corrected chi connectivity index (χ2v) is 4.95. The van der Waals surface area contributed by atoms with Crippen LogP contribution in [0.4, 0.5) is 0 Å². The highest BCUT2D eigenvalue weighted by Crippen LogP contribution is 2.21. The summed E-state index contributed by atoms with van der Waals surface area (Å²) in [5.74, 6) is -0.890. The number of hydrogen-bond donors (Lipinski definition) is 1. The van der Waals surface area contributed by atoms with Crippen molar-refractivity contribution in [2.45, 2.75) is 19.0 Å². The number of aliphatic carboxylic acids is 1. The van der Waals surface area contributed by atoms with Gasteiger partial charge in [-0.3, -0.25) is 9.36 Å². The minimum absolute atomic E-state index is 0.0243. The third-order valence-corrected chi connectivity index (χ3v) is 3.25. The molecule has 0 aliphatic rings. The summed E-state index contributed by atoms with van der Waals surface area (Å²) in [6.07, 6.45) is 1.60. The zero-order chi connectivity index (χ0) is 13.1. The van der Waals surface area contributed by atoms with Crippen LogP contribution in [-0.4, -0.2) is 31.6 Å². The minimum Gasteiger partial charge on any atom is -0.481 e. The molecule has 5 nitrogen and oxygen atoms in total. The molecule has 0 radical (unpaired) electrons. The first-order valence-electron chi connectivity index (χ1n) is 5.39. The Kier molecular flexibility index (Phi) is 3.66. The Labute approximate surface area is 109 Å². The van der Waals surface area contributed by atoms with Gasteiger partial charge in [-0.1, -0.05) is 17.8 Å². The minimum atomic E-state index is -0.866. The predicted octanol–water partition coefficient (Wildman–Crippen LogP) is 2.06. The Hall–Kier alpha value is -1.82. The molecule has 0 atom stereocenters. The second-order valence-electron chi connectivity index (χ2n) is 4.01. The summed E-state index contributed by atoms with van der Waals surface area (Å²) in [6, 6.07) is 6.11. The van der Waals surface area contributed by atoms with Crippen molar-refractivity contribution in [3.63, 3.8) is 0 Å². The highest BCUT2D eigenvalue weighted by atomic mass is 32.2. The molecular formula is C12H13N3O2S. The van der Waals surface area contributed by atoms with Crippen LogP contribution < -0.4 is 0 Å². The Morgan fingerprint density at radius 3 is 2.61 bits per heavy atom. The van der Waals surface area contributed by atoms with Gasteiger partial charge < -0.3 is 5.11 Å². The molecule has 0 bridgehead atoms. The molecule has 0 spiro atoms.